The van der Waals surface area contributed by atoms with Gasteiger partial charge in [0, 0.05) is 26.6 Å². The van der Waals surface area contributed by atoms with Crippen molar-refractivity contribution in [2.45, 2.75) is 163 Å². The Hall–Kier alpha value is -1.15. The van der Waals surface area contributed by atoms with Crippen molar-refractivity contribution >= 4 is 6.09 Å². The molecule has 4 rings (SSSR count). The molecule has 7 nitrogen and oxygen atoms in total. The highest BCUT2D eigenvalue weighted by molar-refractivity contribution is 5.67. The zero-order valence-corrected chi connectivity index (χ0v) is 31.9. The fourth-order valence-corrected chi connectivity index (χ4v) is 10.1. The number of nitrogens with zero attached hydrogens (tertiary/aromatic N) is 1. The highest BCUT2D eigenvalue weighted by Crippen LogP contribution is 2.66. The van der Waals surface area contributed by atoms with Crippen LogP contribution in [-0.2, 0) is 14.2 Å². The third-order valence-corrected chi connectivity index (χ3v) is 13.2. The topological polar surface area (TPSA) is 86.1 Å². The Bertz CT molecular complexity index is 1040. The van der Waals surface area contributed by atoms with Crippen LogP contribution in [0.2, 0.25) is 0 Å². The second kappa shape index (κ2) is 16.2. The van der Waals surface area contributed by atoms with Crippen LogP contribution in [0.3, 0.4) is 0 Å². The van der Waals surface area contributed by atoms with Crippen LogP contribution in [0.5, 0.6) is 0 Å². The van der Waals surface area contributed by atoms with Gasteiger partial charge in [-0.3, -0.25) is 10.9 Å². The highest BCUT2D eigenvalue weighted by Gasteiger charge is 2.58. The fourth-order valence-electron chi connectivity index (χ4n) is 10.1. The standard InChI is InChI=1S/C40H73N3O4/c1-29(2)12-10-11-13-30-15-17-34-33-16-14-31-28-32(18-20-40(31,8)35(33)19-21-39(30,34)7)47-36(44)42-24-27-46-38(5,6)23-26-45-37(3,4)22-25-43(9)41/h14,29-30,32-35H,10-13,15-28,41H2,1-9H3,(H,42,44). The zero-order chi connectivity index (χ0) is 34.5. The van der Waals surface area contributed by atoms with Gasteiger partial charge in [0.05, 0.1) is 24.4 Å². The molecule has 0 spiro atoms. The van der Waals surface area contributed by atoms with Gasteiger partial charge < -0.3 is 19.5 Å². The molecule has 4 aliphatic rings. The van der Waals surface area contributed by atoms with Gasteiger partial charge >= 0.3 is 6.09 Å². The van der Waals surface area contributed by atoms with Crippen molar-refractivity contribution in [1.82, 2.24) is 10.3 Å². The molecule has 272 valence electrons. The Kier molecular flexibility index (Phi) is 13.4. The predicted octanol–water partition coefficient (Wildman–Crippen LogP) is 9.05. The van der Waals surface area contributed by atoms with Gasteiger partial charge in [-0.25, -0.2) is 4.79 Å². The van der Waals surface area contributed by atoms with Gasteiger partial charge in [0.25, 0.3) is 0 Å². The average molecular weight is 660 g/mol. The summed E-state index contributed by atoms with van der Waals surface area (Å²) < 4.78 is 18.2. The number of allylic oxidation sites excluding steroid dienone is 1. The van der Waals surface area contributed by atoms with E-state index in [1.807, 2.05) is 7.05 Å². The number of carbonyl (C=O) groups excluding carboxylic acids is 1. The van der Waals surface area contributed by atoms with Gasteiger partial charge in [0.15, 0.2) is 0 Å². The number of alkyl carbamates (subject to hydrolysis) is 1. The summed E-state index contributed by atoms with van der Waals surface area (Å²) in [5.74, 6) is 10.0. The summed E-state index contributed by atoms with van der Waals surface area (Å²) in [5, 5.41) is 4.63. The third-order valence-electron chi connectivity index (χ3n) is 13.2. The van der Waals surface area contributed by atoms with Crippen LogP contribution >= 0.6 is 0 Å². The number of ether oxygens (including phenoxy) is 3. The largest absolute Gasteiger partial charge is 0.446 e. The molecule has 4 aliphatic carbocycles. The molecule has 0 aromatic rings. The van der Waals surface area contributed by atoms with E-state index in [9.17, 15) is 4.79 Å². The van der Waals surface area contributed by atoms with E-state index in [0.29, 0.717) is 25.2 Å². The Morgan fingerprint density at radius 2 is 1.72 bits per heavy atom. The maximum atomic E-state index is 12.8. The number of hydrogen-bond acceptors (Lipinski definition) is 6. The van der Waals surface area contributed by atoms with Gasteiger partial charge in [-0.1, -0.05) is 58.6 Å². The van der Waals surface area contributed by atoms with Crippen molar-refractivity contribution in [2.24, 2.45) is 46.3 Å². The van der Waals surface area contributed by atoms with Crippen LogP contribution in [0, 0.1) is 40.4 Å². The first-order valence-electron chi connectivity index (χ1n) is 19.4. The smallest absolute Gasteiger partial charge is 0.407 e. The summed E-state index contributed by atoms with van der Waals surface area (Å²) in [7, 11) is 1.87. The van der Waals surface area contributed by atoms with Crippen LogP contribution in [-0.4, -0.2) is 61.8 Å². The molecule has 1 amide bonds. The Labute approximate surface area is 288 Å². The first-order chi connectivity index (χ1) is 22.0. The van der Waals surface area contributed by atoms with E-state index in [1.165, 1.54) is 57.8 Å². The minimum absolute atomic E-state index is 0.0293. The normalized spacial score (nSPS) is 32.5. The molecule has 0 heterocycles. The molecule has 0 radical (unpaired) electrons. The van der Waals surface area contributed by atoms with Crippen LogP contribution in [0.4, 0.5) is 4.79 Å². The summed E-state index contributed by atoms with van der Waals surface area (Å²) in [6.07, 6.45) is 19.5. The van der Waals surface area contributed by atoms with Crippen LogP contribution < -0.4 is 11.2 Å². The summed E-state index contributed by atoms with van der Waals surface area (Å²) in [6, 6.07) is 0. The first kappa shape index (κ1) is 38.6. The quantitative estimate of drug-likeness (QED) is 0.0701. The number of fused-ring (bicyclic) bond motifs is 5. The first-order valence-corrected chi connectivity index (χ1v) is 19.4. The van der Waals surface area contributed by atoms with Gasteiger partial charge in [-0.15, -0.1) is 0 Å². The molecular formula is C40H73N3O4. The lowest BCUT2D eigenvalue weighted by Crippen LogP contribution is -2.50. The van der Waals surface area contributed by atoms with E-state index in [-0.39, 0.29) is 28.8 Å². The van der Waals surface area contributed by atoms with Crippen molar-refractivity contribution in [2.75, 3.05) is 33.4 Å². The monoisotopic (exact) mass is 660 g/mol. The van der Waals surface area contributed by atoms with Gasteiger partial charge in [-0.05, 0) is 132 Å². The number of carbonyl (C=O) groups is 1. The molecule has 0 saturated heterocycles. The highest BCUT2D eigenvalue weighted by atomic mass is 16.6. The molecule has 7 heteroatoms. The lowest BCUT2D eigenvalue weighted by molar-refractivity contribution is -0.0751. The van der Waals surface area contributed by atoms with Gasteiger partial charge in [0.2, 0.25) is 0 Å². The fraction of sp³-hybridized carbons (Fsp3) is 0.925. The third kappa shape index (κ3) is 10.2. The van der Waals surface area contributed by atoms with E-state index in [0.717, 1.165) is 68.2 Å². The summed E-state index contributed by atoms with van der Waals surface area (Å²) in [4.78, 5) is 12.8. The molecule has 3 N–H and O–H groups in total. The number of hydrazine groups is 1. The maximum Gasteiger partial charge on any atom is 0.407 e. The molecule has 7 atom stereocenters. The molecule has 7 unspecified atom stereocenters. The van der Waals surface area contributed by atoms with Crippen molar-refractivity contribution in [3.8, 4) is 0 Å². The number of amides is 1. The van der Waals surface area contributed by atoms with Crippen LogP contribution in [0.1, 0.15) is 145 Å². The van der Waals surface area contributed by atoms with Crippen molar-refractivity contribution in [1.29, 1.82) is 0 Å². The molecule has 0 aromatic carbocycles. The number of hydrogen-bond donors (Lipinski definition) is 2. The Morgan fingerprint density at radius 1 is 1.00 bits per heavy atom. The van der Waals surface area contributed by atoms with E-state index >= 15 is 0 Å². The Morgan fingerprint density at radius 3 is 2.45 bits per heavy atom. The van der Waals surface area contributed by atoms with E-state index < -0.39 is 0 Å². The second-order valence-electron chi connectivity index (χ2n) is 18.2. The van der Waals surface area contributed by atoms with Crippen LogP contribution in [0.15, 0.2) is 11.6 Å². The van der Waals surface area contributed by atoms with Crippen LogP contribution in [0.25, 0.3) is 0 Å². The van der Waals surface area contributed by atoms with Crippen molar-refractivity contribution < 1.29 is 19.0 Å². The number of nitrogens with two attached hydrogens (primary N) is 1. The maximum absolute atomic E-state index is 12.8. The molecule has 3 saturated carbocycles. The Balaban J connectivity index is 1.18. The zero-order valence-electron chi connectivity index (χ0n) is 31.9. The number of rotatable bonds is 17. The minimum Gasteiger partial charge on any atom is -0.446 e. The number of nitrogens with one attached hydrogen (secondary N) is 1. The van der Waals surface area contributed by atoms with E-state index in [4.69, 9.17) is 20.1 Å². The lowest BCUT2D eigenvalue weighted by Gasteiger charge is -2.58. The molecular weight excluding hydrogens is 586 g/mol. The molecule has 0 aromatic heterocycles. The molecule has 3 fully saturated rings. The number of unbranched alkanes of at least 4 members (excludes halogenated alkanes) is 1. The SMILES string of the molecule is CC(C)CCCCC1CCC2C3CC=C4CC(OC(=O)NCCOC(C)(C)CCOC(C)(C)CCN(C)N)CCC4(C)C3CCC12C. The summed E-state index contributed by atoms with van der Waals surface area (Å²) >= 11 is 0. The minimum atomic E-state index is -0.338. The van der Waals surface area contributed by atoms with Crippen molar-refractivity contribution in [3.63, 3.8) is 0 Å². The van der Waals surface area contributed by atoms with Gasteiger partial charge in [0.1, 0.15) is 6.10 Å². The molecule has 0 aliphatic heterocycles. The molecule has 0 bridgehead atoms. The predicted molar refractivity (Wildman–Crippen MR) is 193 cm³/mol. The van der Waals surface area contributed by atoms with E-state index in [1.54, 1.807) is 10.6 Å². The molecule has 47 heavy (non-hydrogen) atoms. The van der Waals surface area contributed by atoms with Gasteiger partial charge in [-0.2, -0.15) is 0 Å². The summed E-state index contributed by atoms with van der Waals surface area (Å²) in [5.41, 5.74) is 1.82. The van der Waals surface area contributed by atoms with E-state index in [2.05, 4.69) is 66.8 Å². The lowest BCUT2D eigenvalue weighted by atomic mass is 9.47. The second-order valence-corrected chi connectivity index (χ2v) is 18.2. The average Bonchev–Trinajstić information content (AvgIpc) is 3.32. The summed E-state index contributed by atoms with van der Waals surface area (Å²) in [6.45, 7) is 20.6. The van der Waals surface area contributed by atoms with Crippen molar-refractivity contribution in [3.05, 3.63) is 11.6 Å².